The van der Waals surface area contributed by atoms with Gasteiger partial charge in [-0.3, -0.25) is 4.79 Å². The van der Waals surface area contributed by atoms with Crippen molar-refractivity contribution in [1.82, 2.24) is 14.9 Å². The van der Waals surface area contributed by atoms with Crippen LogP contribution >= 0.6 is 0 Å². The maximum absolute atomic E-state index is 12.1. The zero-order valence-corrected chi connectivity index (χ0v) is 16.8. The number of nitrogens with zero attached hydrogens (tertiary/aromatic N) is 1. The van der Waals surface area contributed by atoms with E-state index in [1.54, 1.807) is 24.3 Å². The molecule has 0 bridgehead atoms. The molecule has 1 aliphatic heterocycles. The second-order valence-corrected chi connectivity index (χ2v) is 9.36. The molecule has 0 radical (unpaired) electrons. The van der Waals surface area contributed by atoms with Crippen molar-refractivity contribution in [3.63, 3.8) is 0 Å². The molecule has 1 amide bonds. The van der Waals surface area contributed by atoms with E-state index >= 15 is 0 Å². The summed E-state index contributed by atoms with van der Waals surface area (Å²) in [5, 5.41) is 2.99. The zero-order chi connectivity index (χ0) is 19.1. The van der Waals surface area contributed by atoms with Gasteiger partial charge in [-0.15, -0.1) is 0 Å². The highest BCUT2D eigenvalue weighted by Gasteiger charge is 2.27. The molecule has 7 heteroatoms. The molecule has 1 saturated heterocycles. The van der Waals surface area contributed by atoms with Gasteiger partial charge >= 0.3 is 0 Å². The van der Waals surface area contributed by atoms with Gasteiger partial charge in [-0.05, 0) is 75.9 Å². The van der Waals surface area contributed by atoms with Crippen LogP contribution in [0.3, 0.4) is 0 Å². The number of rotatable bonds is 10. The molecule has 27 heavy (non-hydrogen) atoms. The van der Waals surface area contributed by atoms with Gasteiger partial charge in [-0.2, -0.15) is 0 Å². The molecule has 0 spiro atoms. The third kappa shape index (κ3) is 6.90. The Balaban J connectivity index is 1.33. The number of sulfonamides is 1. The molecular formula is C20H31N3O3S. The van der Waals surface area contributed by atoms with E-state index in [1.165, 1.54) is 32.4 Å². The van der Waals surface area contributed by atoms with Crippen LogP contribution in [0.25, 0.3) is 0 Å². The summed E-state index contributed by atoms with van der Waals surface area (Å²) in [7, 11) is -3.40. The van der Waals surface area contributed by atoms with Crippen LogP contribution in [0.5, 0.6) is 0 Å². The Bertz CT molecular complexity index is 708. The van der Waals surface area contributed by atoms with Crippen molar-refractivity contribution in [3.05, 3.63) is 29.8 Å². The van der Waals surface area contributed by atoms with Crippen LogP contribution in [0.4, 0.5) is 0 Å². The minimum Gasteiger partial charge on any atom is -0.356 e. The fraction of sp³-hybridized carbons (Fsp3) is 0.650. The minimum atomic E-state index is -3.40. The second kappa shape index (κ2) is 9.66. The zero-order valence-electron chi connectivity index (χ0n) is 16.0. The van der Waals surface area contributed by atoms with Crippen LogP contribution < -0.4 is 10.0 Å². The van der Waals surface area contributed by atoms with Gasteiger partial charge in [0.1, 0.15) is 0 Å². The summed E-state index contributed by atoms with van der Waals surface area (Å²) >= 11 is 0. The fourth-order valence-corrected chi connectivity index (χ4v) is 4.69. The van der Waals surface area contributed by atoms with Gasteiger partial charge in [0.25, 0.3) is 0 Å². The normalized spacial score (nSPS) is 18.4. The molecule has 2 fully saturated rings. The van der Waals surface area contributed by atoms with Gasteiger partial charge in [0.15, 0.2) is 0 Å². The van der Waals surface area contributed by atoms with Gasteiger partial charge in [0, 0.05) is 19.0 Å². The van der Waals surface area contributed by atoms with Gasteiger partial charge < -0.3 is 10.2 Å². The Hall–Kier alpha value is -1.44. The summed E-state index contributed by atoms with van der Waals surface area (Å²) in [6.45, 7) is 4.16. The molecule has 2 N–H and O–H groups in total. The predicted molar refractivity (Wildman–Crippen MR) is 106 cm³/mol. The third-order valence-electron chi connectivity index (χ3n) is 5.20. The van der Waals surface area contributed by atoms with Crippen molar-refractivity contribution in [2.24, 2.45) is 0 Å². The molecular weight excluding hydrogens is 362 g/mol. The molecule has 6 nitrogen and oxygen atoms in total. The first-order valence-electron chi connectivity index (χ1n) is 10.1. The van der Waals surface area contributed by atoms with Gasteiger partial charge in [-0.25, -0.2) is 13.1 Å². The molecule has 0 unspecified atom stereocenters. The van der Waals surface area contributed by atoms with E-state index in [9.17, 15) is 13.2 Å². The van der Waals surface area contributed by atoms with E-state index in [0.717, 1.165) is 37.9 Å². The highest BCUT2D eigenvalue weighted by atomic mass is 32.2. The predicted octanol–water partition coefficient (Wildman–Crippen LogP) is 2.05. The lowest BCUT2D eigenvalue weighted by molar-refractivity contribution is -0.121. The van der Waals surface area contributed by atoms with E-state index in [0.29, 0.717) is 17.7 Å². The highest BCUT2D eigenvalue weighted by Crippen LogP contribution is 2.22. The first-order valence-corrected chi connectivity index (χ1v) is 11.6. The largest absolute Gasteiger partial charge is 0.356 e. The van der Waals surface area contributed by atoms with Crippen molar-refractivity contribution < 1.29 is 13.2 Å². The van der Waals surface area contributed by atoms with Crippen molar-refractivity contribution in [2.45, 2.75) is 62.3 Å². The van der Waals surface area contributed by atoms with Crippen molar-refractivity contribution in [1.29, 1.82) is 0 Å². The van der Waals surface area contributed by atoms with E-state index in [2.05, 4.69) is 14.9 Å². The Kier molecular flexibility index (Phi) is 7.26. The monoisotopic (exact) mass is 393 g/mol. The average molecular weight is 394 g/mol. The number of nitrogens with one attached hydrogen (secondary N) is 2. The maximum Gasteiger partial charge on any atom is 0.240 e. The summed E-state index contributed by atoms with van der Waals surface area (Å²) in [5.41, 5.74) is 0.976. The Morgan fingerprint density at radius 2 is 1.78 bits per heavy atom. The smallest absolute Gasteiger partial charge is 0.240 e. The molecule has 1 aromatic carbocycles. The second-order valence-electron chi connectivity index (χ2n) is 7.65. The van der Waals surface area contributed by atoms with Gasteiger partial charge in [0.05, 0.1) is 4.90 Å². The third-order valence-corrected chi connectivity index (χ3v) is 6.73. The number of carbonyl (C=O) groups excluding carboxylic acids is 1. The lowest BCUT2D eigenvalue weighted by atomic mass is 10.1. The van der Waals surface area contributed by atoms with E-state index < -0.39 is 10.0 Å². The number of carbonyl (C=O) groups is 1. The standard InChI is InChI=1S/C20H31N3O3S/c24-20(21-13-4-16-23-14-2-1-3-15-23)12-7-17-5-10-19(11-6-17)27(25,26)22-18-8-9-18/h5-6,10-11,18,22H,1-4,7-9,12-16H2,(H,21,24). The lowest BCUT2D eigenvalue weighted by Gasteiger charge is -2.26. The van der Waals surface area contributed by atoms with Gasteiger partial charge in [0.2, 0.25) is 15.9 Å². The molecule has 1 aliphatic carbocycles. The summed E-state index contributed by atoms with van der Waals surface area (Å²) in [6.07, 6.45) is 7.81. The number of benzene rings is 1. The highest BCUT2D eigenvalue weighted by molar-refractivity contribution is 7.89. The molecule has 1 saturated carbocycles. The molecule has 150 valence electrons. The fourth-order valence-electron chi connectivity index (χ4n) is 3.38. The number of hydrogen-bond acceptors (Lipinski definition) is 4. The summed E-state index contributed by atoms with van der Waals surface area (Å²) < 4.78 is 27.0. The quantitative estimate of drug-likeness (QED) is 0.597. The SMILES string of the molecule is O=C(CCc1ccc(S(=O)(=O)NC2CC2)cc1)NCCCN1CCCCC1. The summed E-state index contributed by atoms with van der Waals surface area (Å²) in [5.74, 6) is 0.0562. The maximum atomic E-state index is 12.1. The molecule has 0 aromatic heterocycles. The number of hydrogen-bond donors (Lipinski definition) is 2. The molecule has 1 aromatic rings. The average Bonchev–Trinajstić information content (AvgIpc) is 3.48. The molecule has 3 rings (SSSR count). The van der Waals surface area contributed by atoms with Crippen molar-refractivity contribution in [3.8, 4) is 0 Å². The Morgan fingerprint density at radius 1 is 1.07 bits per heavy atom. The lowest BCUT2D eigenvalue weighted by Crippen LogP contribution is -2.33. The minimum absolute atomic E-state index is 0.0562. The molecule has 1 heterocycles. The Morgan fingerprint density at radius 3 is 2.44 bits per heavy atom. The number of amides is 1. The first kappa shape index (κ1) is 20.3. The van der Waals surface area contributed by atoms with Crippen molar-refractivity contribution in [2.75, 3.05) is 26.2 Å². The number of likely N-dealkylation sites (tertiary alicyclic amines) is 1. The Labute approximate surface area is 162 Å². The molecule has 0 atom stereocenters. The van der Waals surface area contributed by atoms with E-state index in [1.807, 2.05) is 0 Å². The number of piperidine rings is 1. The number of aryl methyl sites for hydroxylation is 1. The van der Waals surface area contributed by atoms with Crippen LogP contribution in [-0.2, 0) is 21.2 Å². The summed E-state index contributed by atoms with van der Waals surface area (Å²) in [6, 6.07) is 6.94. The van der Waals surface area contributed by atoms with Crippen LogP contribution in [0.15, 0.2) is 29.2 Å². The van der Waals surface area contributed by atoms with E-state index in [4.69, 9.17) is 0 Å². The van der Waals surface area contributed by atoms with Gasteiger partial charge in [-0.1, -0.05) is 18.6 Å². The van der Waals surface area contributed by atoms with Crippen LogP contribution in [0.1, 0.15) is 50.5 Å². The van der Waals surface area contributed by atoms with Crippen molar-refractivity contribution >= 4 is 15.9 Å². The first-order chi connectivity index (χ1) is 13.0. The summed E-state index contributed by atoms with van der Waals surface area (Å²) in [4.78, 5) is 14.8. The van der Waals surface area contributed by atoms with E-state index in [-0.39, 0.29) is 11.9 Å². The van der Waals surface area contributed by atoms with Crippen LogP contribution in [-0.4, -0.2) is 51.4 Å². The topological polar surface area (TPSA) is 78.5 Å². The van der Waals surface area contributed by atoms with Crippen LogP contribution in [0, 0.1) is 0 Å². The van der Waals surface area contributed by atoms with Crippen LogP contribution in [0.2, 0.25) is 0 Å². The molecule has 2 aliphatic rings.